The molecule has 6 rings (SSSR count). The number of anilines is 1. The molecular weight excluding hydrogens is 464 g/mol. The van der Waals surface area contributed by atoms with Crippen molar-refractivity contribution in [2.24, 2.45) is 0 Å². The summed E-state index contributed by atoms with van der Waals surface area (Å²) in [6, 6.07) is 4.47. The Morgan fingerprint density at radius 3 is 3.06 bits per heavy atom. The van der Waals surface area contributed by atoms with E-state index in [9.17, 15) is 5.26 Å². The van der Waals surface area contributed by atoms with E-state index in [4.69, 9.17) is 24.7 Å². The van der Waals surface area contributed by atoms with Crippen molar-refractivity contribution in [3.8, 4) is 28.5 Å². The van der Waals surface area contributed by atoms with Crippen molar-refractivity contribution in [3.05, 3.63) is 34.7 Å². The third-order valence-corrected chi connectivity index (χ3v) is 8.71. The summed E-state index contributed by atoms with van der Waals surface area (Å²) >= 11 is 1.33. The molecule has 0 unspecified atom stereocenters. The molecular formula is C25H28N6O3S. The molecule has 3 aliphatic rings. The third kappa shape index (κ3) is 3.48. The minimum atomic E-state index is -0.471. The highest BCUT2D eigenvalue weighted by Gasteiger charge is 2.50. The van der Waals surface area contributed by atoms with E-state index in [1.807, 2.05) is 0 Å². The molecule has 2 aliphatic heterocycles. The second-order valence-electron chi connectivity index (χ2n) is 9.72. The summed E-state index contributed by atoms with van der Waals surface area (Å²) in [7, 11) is 2.14. The largest absolute Gasteiger partial charge is 0.484 e. The van der Waals surface area contributed by atoms with Gasteiger partial charge in [-0.25, -0.2) is 4.98 Å². The van der Waals surface area contributed by atoms with Crippen molar-refractivity contribution in [2.45, 2.75) is 63.0 Å². The first-order valence-electron chi connectivity index (χ1n) is 12.2. The Morgan fingerprint density at radius 2 is 2.26 bits per heavy atom. The highest BCUT2D eigenvalue weighted by Crippen LogP contribution is 2.56. The quantitative estimate of drug-likeness (QED) is 0.577. The smallest absolute Gasteiger partial charge is 0.217 e. The van der Waals surface area contributed by atoms with E-state index in [0.29, 0.717) is 52.1 Å². The summed E-state index contributed by atoms with van der Waals surface area (Å²) in [5.41, 5.74) is 8.70. The lowest BCUT2D eigenvalue weighted by Gasteiger charge is -2.38. The van der Waals surface area contributed by atoms with Gasteiger partial charge in [-0.1, -0.05) is 16.5 Å². The Hall–Kier alpha value is -3.16. The van der Waals surface area contributed by atoms with Crippen LogP contribution in [0.5, 0.6) is 10.9 Å². The van der Waals surface area contributed by atoms with Gasteiger partial charge in [0.05, 0.1) is 17.6 Å². The molecule has 1 saturated heterocycles. The van der Waals surface area contributed by atoms with Gasteiger partial charge >= 0.3 is 0 Å². The van der Waals surface area contributed by atoms with E-state index >= 15 is 0 Å². The van der Waals surface area contributed by atoms with Crippen LogP contribution in [0.1, 0.15) is 61.5 Å². The van der Waals surface area contributed by atoms with Crippen LogP contribution >= 0.6 is 11.3 Å². The maximum absolute atomic E-state index is 9.84. The number of fused-ring (bicyclic) bond motifs is 4. The van der Waals surface area contributed by atoms with Gasteiger partial charge in [0.2, 0.25) is 5.88 Å². The Kier molecular flexibility index (Phi) is 5.42. The van der Waals surface area contributed by atoms with Crippen LogP contribution in [0.25, 0.3) is 11.5 Å². The van der Waals surface area contributed by atoms with E-state index in [2.05, 4.69) is 35.1 Å². The fourth-order valence-corrected chi connectivity index (χ4v) is 7.08. The Bertz CT molecular complexity index is 1310. The number of likely N-dealkylation sites (N-methyl/N-ethyl adjacent to an activating group) is 1. The first-order chi connectivity index (χ1) is 17.0. The maximum Gasteiger partial charge on any atom is 0.217 e. The average Bonchev–Trinajstić information content (AvgIpc) is 3.56. The molecule has 0 aromatic carbocycles. The lowest BCUT2D eigenvalue weighted by molar-refractivity contribution is 0.117. The molecule has 0 radical (unpaired) electrons. The van der Waals surface area contributed by atoms with Gasteiger partial charge < -0.3 is 19.7 Å². The van der Waals surface area contributed by atoms with Gasteiger partial charge in [-0.15, -0.1) is 0 Å². The predicted octanol–water partition coefficient (Wildman–Crippen LogP) is 3.91. The first kappa shape index (κ1) is 22.3. The monoisotopic (exact) mass is 492 g/mol. The fraction of sp³-hybridized carbons (Fsp3) is 0.520. The zero-order chi connectivity index (χ0) is 24.2. The fourth-order valence-electron chi connectivity index (χ4n) is 6.09. The number of nitrogens with zero attached hydrogens (tertiary/aromatic N) is 5. The first-order valence-corrected chi connectivity index (χ1v) is 13.0. The van der Waals surface area contributed by atoms with Crippen molar-refractivity contribution in [1.82, 2.24) is 20.0 Å². The van der Waals surface area contributed by atoms with Crippen molar-refractivity contribution in [1.29, 1.82) is 5.26 Å². The summed E-state index contributed by atoms with van der Waals surface area (Å²) in [6.07, 6.45) is 7.35. The Morgan fingerprint density at radius 1 is 1.37 bits per heavy atom. The number of ether oxygens (including phenoxy) is 2. The minimum Gasteiger partial charge on any atom is -0.484 e. The van der Waals surface area contributed by atoms with Crippen molar-refractivity contribution >= 4 is 16.3 Å². The molecule has 2 N–H and O–H groups in total. The van der Waals surface area contributed by atoms with Gasteiger partial charge in [-0.3, -0.25) is 4.90 Å². The third-order valence-electron chi connectivity index (χ3n) is 7.78. The lowest BCUT2D eigenvalue weighted by atomic mass is 9.66. The van der Waals surface area contributed by atoms with E-state index < -0.39 is 5.41 Å². The molecule has 3 aromatic rings. The zero-order valence-corrected chi connectivity index (χ0v) is 20.7. The number of nitrogens with two attached hydrogens (primary N) is 1. The number of thiophene rings is 1. The van der Waals surface area contributed by atoms with Crippen LogP contribution in [0.4, 0.5) is 5.00 Å². The maximum atomic E-state index is 9.84. The van der Waals surface area contributed by atoms with Gasteiger partial charge in [-0.2, -0.15) is 10.2 Å². The summed E-state index contributed by atoms with van der Waals surface area (Å²) in [5.74, 6) is 1.82. The van der Waals surface area contributed by atoms with E-state index in [0.717, 1.165) is 49.1 Å². The van der Waals surface area contributed by atoms with Crippen LogP contribution in [0.2, 0.25) is 0 Å². The number of aromatic nitrogens is 3. The minimum absolute atomic E-state index is 0.0221. The van der Waals surface area contributed by atoms with E-state index in [-0.39, 0.29) is 6.10 Å². The van der Waals surface area contributed by atoms with Gasteiger partial charge in [0.25, 0.3) is 0 Å². The molecule has 9 nitrogen and oxygen atoms in total. The standard InChI is InChI=1S/C25H28N6O3S/c1-14(17-6-4-11-31(17)2)33-18-7-10-28-23(29-18)20-15-5-3-8-25(21(15)34-30-20)9-12-32-24-19(25)16(13-26)22(27)35-24/h7,10,14,17H,3-6,8-9,11-12,27H2,1-2H3/t14-,17-,25+/m0/s1. The van der Waals surface area contributed by atoms with Crippen LogP contribution in [0.15, 0.2) is 16.8 Å². The Labute approximate surface area is 207 Å². The summed E-state index contributed by atoms with van der Waals surface area (Å²) in [5, 5.41) is 15.5. The van der Waals surface area contributed by atoms with Crippen molar-refractivity contribution in [3.63, 3.8) is 0 Å². The second-order valence-corrected chi connectivity index (χ2v) is 10.7. The lowest BCUT2D eigenvalue weighted by Crippen LogP contribution is -2.38. The molecule has 182 valence electrons. The van der Waals surface area contributed by atoms with E-state index in [1.54, 1.807) is 12.3 Å². The molecule has 0 saturated carbocycles. The molecule has 3 atom stereocenters. The van der Waals surface area contributed by atoms with Crippen LogP contribution in [-0.2, 0) is 11.8 Å². The molecule has 3 aromatic heterocycles. The number of nitrogen functional groups attached to an aromatic ring is 1. The second kappa shape index (κ2) is 8.50. The number of hydrogen-bond acceptors (Lipinski definition) is 10. The molecule has 0 amide bonds. The SMILES string of the molecule is C[C@H](Oc1ccnc(-c2noc3c2CCC[C@]32CCOc3sc(N)c(C#N)c32)n1)[C@@H]1CCCN1C. The van der Waals surface area contributed by atoms with Crippen LogP contribution in [0, 0.1) is 11.3 Å². The number of rotatable bonds is 4. The highest BCUT2D eigenvalue weighted by molar-refractivity contribution is 7.18. The number of likely N-dealkylation sites (tertiary alicyclic amines) is 1. The van der Waals surface area contributed by atoms with Crippen molar-refractivity contribution in [2.75, 3.05) is 25.9 Å². The molecule has 10 heteroatoms. The molecule has 1 aliphatic carbocycles. The molecule has 0 bridgehead atoms. The number of nitriles is 1. The topological polar surface area (TPSA) is 123 Å². The Balaban J connectivity index is 1.36. The summed E-state index contributed by atoms with van der Waals surface area (Å²) in [4.78, 5) is 11.6. The normalized spacial score (nSPS) is 24.4. The molecule has 5 heterocycles. The van der Waals surface area contributed by atoms with Gasteiger partial charge in [-0.05, 0) is 59.0 Å². The molecule has 1 fully saturated rings. The van der Waals surface area contributed by atoms with Gasteiger partial charge in [0.1, 0.15) is 17.2 Å². The summed E-state index contributed by atoms with van der Waals surface area (Å²) in [6.45, 7) is 3.73. The molecule has 35 heavy (non-hydrogen) atoms. The van der Waals surface area contributed by atoms with Gasteiger partial charge in [0, 0.05) is 29.4 Å². The summed E-state index contributed by atoms with van der Waals surface area (Å²) < 4.78 is 18.2. The van der Waals surface area contributed by atoms with Crippen LogP contribution < -0.4 is 15.2 Å². The van der Waals surface area contributed by atoms with E-state index in [1.165, 1.54) is 17.8 Å². The van der Waals surface area contributed by atoms with Gasteiger partial charge in [0.15, 0.2) is 22.3 Å². The number of hydrogen-bond donors (Lipinski definition) is 1. The van der Waals surface area contributed by atoms with Crippen LogP contribution in [-0.4, -0.2) is 52.4 Å². The highest BCUT2D eigenvalue weighted by atomic mass is 32.1. The molecule has 1 spiro atoms. The van der Waals surface area contributed by atoms with Crippen LogP contribution in [0.3, 0.4) is 0 Å². The average molecular weight is 493 g/mol. The zero-order valence-electron chi connectivity index (χ0n) is 19.9. The van der Waals surface area contributed by atoms with Crippen molar-refractivity contribution < 1.29 is 14.0 Å². The predicted molar refractivity (Wildman–Crippen MR) is 131 cm³/mol.